The molecule has 6 atom stereocenters. The van der Waals surface area contributed by atoms with Crippen LogP contribution in [0.2, 0.25) is 0 Å². The van der Waals surface area contributed by atoms with Gasteiger partial charge in [0, 0.05) is 22.2 Å². The third kappa shape index (κ3) is 4.73. The summed E-state index contributed by atoms with van der Waals surface area (Å²) in [6.07, 6.45) is 7.74. The first kappa shape index (κ1) is 25.1. The van der Waals surface area contributed by atoms with Gasteiger partial charge in [0.1, 0.15) is 25.7 Å². The first-order chi connectivity index (χ1) is 16.3. The van der Waals surface area contributed by atoms with E-state index in [1.165, 1.54) is 37.7 Å². The molecule has 1 aromatic carbocycles. The number of hydrogen-bond acceptors (Lipinski definition) is 4. The van der Waals surface area contributed by atoms with Gasteiger partial charge in [0.05, 0.1) is 12.6 Å². The third-order valence-corrected chi connectivity index (χ3v) is 9.36. The predicted octanol–water partition coefficient (Wildman–Crippen LogP) is 7.88. The van der Waals surface area contributed by atoms with Crippen LogP contribution >= 0.6 is 7.71 Å². The number of ether oxygens (including phenoxy) is 2. The summed E-state index contributed by atoms with van der Waals surface area (Å²) in [6.45, 7) is 11.4. The van der Waals surface area contributed by atoms with Crippen LogP contribution in [0.4, 0.5) is 4.79 Å². The molecule has 2 aromatic rings. The number of benzene rings is 1. The lowest BCUT2D eigenvalue weighted by Crippen LogP contribution is -2.27. The SMILES string of the molecule is CCC1C2CCC(C)C(C(COC(=O)N=[P+](C)C)c3ccnc4ccc(OC)cc34)CC12CC. The molecular formula is C28H40N2O3P+. The van der Waals surface area contributed by atoms with Gasteiger partial charge in [0.15, 0.2) is 0 Å². The van der Waals surface area contributed by atoms with Crippen molar-refractivity contribution in [1.82, 2.24) is 4.98 Å². The number of nitrogens with zero attached hydrogens (tertiary/aromatic N) is 2. The highest BCUT2D eigenvalue weighted by Crippen LogP contribution is 2.70. The molecule has 6 heteroatoms. The third-order valence-electron chi connectivity index (χ3n) is 8.80. The van der Waals surface area contributed by atoms with Crippen molar-refractivity contribution in [3.05, 3.63) is 36.0 Å². The topological polar surface area (TPSA) is 60.8 Å². The van der Waals surface area contributed by atoms with Crippen LogP contribution in [0.5, 0.6) is 5.75 Å². The smallest absolute Gasteiger partial charge is 0.471 e. The molecule has 5 nitrogen and oxygen atoms in total. The van der Waals surface area contributed by atoms with E-state index >= 15 is 0 Å². The molecule has 1 amide bonds. The molecule has 2 aliphatic rings. The summed E-state index contributed by atoms with van der Waals surface area (Å²) in [5.74, 6) is 3.62. The Bertz CT molecular complexity index is 1070. The number of methoxy groups -OCH3 is 1. The Morgan fingerprint density at radius 1 is 1.26 bits per heavy atom. The van der Waals surface area contributed by atoms with Gasteiger partial charge in [-0.25, -0.2) is 4.79 Å². The number of carbonyl (C=O) groups excluding carboxylic acids is 1. The largest absolute Gasteiger partial charge is 0.497 e. The van der Waals surface area contributed by atoms with Crippen molar-refractivity contribution in [2.75, 3.05) is 27.0 Å². The number of hydrogen-bond donors (Lipinski definition) is 0. The van der Waals surface area contributed by atoms with Gasteiger partial charge in [-0.15, -0.1) is 0 Å². The average molecular weight is 484 g/mol. The van der Waals surface area contributed by atoms with E-state index in [4.69, 9.17) is 9.47 Å². The number of pyridine rings is 1. The highest BCUT2D eigenvalue weighted by Gasteiger charge is 2.63. The van der Waals surface area contributed by atoms with Crippen molar-refractivity contribution in [3.63, 3.8) is 0 Å². The lowest BCUT2D eigenvalue weighted by atomic mass is 9.71. The molecule has 34 heavy (non-hydrogen) atoms. The van der Waals surface area contributed by atoms with Crippen LogP contribution in [-0.2, 0) is 4.74 Å². The van der Waals surface area contributed by atoms with Crippen LogP contribution in [-0.4, -0.2) is 38.1 Å². The van der Waals surface area contributed by atoms with Gasteiger partial charge in [0.2, 0.25) is 7.71 Å². The Labute approximate surface area is 205 Å². The standard InChI is InChI=1S/C28H40N2O3P/c1-7-24-25-11-9-18(3)22(16-28(24,25)8-2)23(17-33-27(31)30-34(5)6)20-13-14-29-26-12-10-19(32-4)15-21(20)26/h10,12-15,18,22-25H,7-9,11,16-17H2,1-6H3/q+1. The summed E-state index contributed by atoms with van der Waals surface area (Å²) >= 11 is 0. The molecule has 0 spiro atoms. The molecular weight excluding hydrogens is 443 g/mol. The minimum absolute atomic E-state index is 0.104. The van der Waals surface area contributed by atoms with E-state index in [2.05, 4.69) is 42.6 Å². The van der Waals surface area contributed by atoms with E-state index in [-0.39, 0.29) is 5.92 Å². The summed E-state index contributed by atoms with van der Waals surface area (Å²) < 4.78 is 15.6. The molecule has 2 saturated carbocycles. The van der Waals surface area contributed by atoms with E-state index in [1.54, 1.807) is 7.11 Å². The second-order valence-corrected chi connectivity index (χ2v) is 12.4. The first-order valence-corrected chi connectivity index (χ1v) is 15.0. The average Bonchev–Trinajstić information content (AvgIpc) is 3.49. The van der Waals surface area contributed by atoms with Crippen LogP contribution in [0.3, 0.4) is 0 Å². The van der Waals surface area contributed by atoms with Gasteiger partial charge in [-0.2, -0.15) is 0 Å². The fourth-order valence-electron chi connectivity index (χ4n) is 7.05. The van der Waals surface area contributed by atoms with Crippen molar-refractivity contribution < 1.29 is 14.3 Å². The molecule has 4 rings (SSSR count). The molecule has 0 radical (unpaired) electrons. The van der Waals surface area contributed by atoms with E-state index in [0.717, 1.165) is 28.5 Å². The van der Waals surface area contributed by atoms with E-state index in [0.29, 0.717) is 23.9 Å². The first-order valence-electron chi connectivity index (χ1n) is 12.8. The zero-order chi connectivity index (χ0) is 24.5. The molecule has 0 saturated heterocycles. The number of rotatable bonds is 7. The fourth-order valence-corrected chi connectivity index (χ4v) is 7.44. The lowest BCUT2D eigenvalue weighted by Gasteiger charge is -2.34. The Hall–Kier alpha value is -2.00. The van der Waals surface area contributed by atoms with E-state index in [1.807, 2.05) is 31.7 Å². The maximum atomic E-state index is 12.5. The Morgan fingerprint density at radius 3 is 2.74 bits per heavy atom. The Balaban J connectivity index is 1.76. The van der Waals surface area contributed by atoms with Crippen molar-refractivity contribution in [2.45, 2.75) is 58.8 Å². The van der Waals surface area contributed by atoms with Crippen molar-refractivity contribution >= 4 is 24.7 Å². The van der Waals surface area contributed by atoms with Gasteiger partial charge < -0.3 is 9.47 Å². The number of fused-ring (bicyclic) bond motifs is 2. The summed E-state index contributed by atoms with van der Waals surface area (Å²) in [4.78, 5) is 17.1. The molecule has 6 unspecified atom stereocenters. The molecule has 0 aliphatic heterocycles. The van der Waals surface area contributed by atoms with Crippen molar-refractivity contribution in [2.24, 2.45) is 33.8 Å². The van der Waals surface area contributed by atoms with Gasteiger partial charge in [0.25, 0.3) is 0 Å². The zero-order valence-electron chi connectivity index (χ0n) is 21.6. The fraction of sp³-hybridized carbons (Fsp3) is 0.643. The van der Waals surface area contributed by atoms with Gasteiger partial charge in [-0.1, -0.05) is 33.6 Å². The van der Waals surface area contributed by atoms with Crippen molar-refractivity contribution in [3.8, 4) is 5.75 Å². The number of aromatic nitrogens is 1. The van der Waals surface area contributed by atoms with Crippen LogP contribution in [0.1, 0.15) is 64.4 Å². The molecule has 0 bridgehead atoms. The summed E-state index contributed by atoms with van der Waals surface area (Å²) in [5.41, 5.74) is 2.60. The molecule has 1 heterocycles. The second kappa shape index (κ2) is 10.3. The Kier molecular flexibility index (Phi) is 7.62. The van der Waals surface area contributed by atoms with Crippen LogP contribution in [0.15, 0.2) is 35.2 Å². The second-order valence-electron chi connectivity index (χ2n) is 10.5. The molecule has 184 valence electrons. The highest BCUT2D eigenvalue weighted by atomic mass is 31.1. The van der Waals surface area contributed by atoms with Gasteiger partial charge >= 0.3 is 6.09 Å². The summed E-state index contributed by atoms with van der Waals surface area (Å²) in [5, 5.41) is 1.09. The minimum Gasteiger partial charge on any atom is -0.497 e. The number of amides is 1. The maximum Gasteiger partial charge on any atom is 0.471 e. The summed E-state index contributed by atoms with van der Waals surface area (Å²) in [7, 11) is 1.01. The molecule has 0 N–H and O–H groups in total. The quantitative estimate of drug-likeness (QED) is 0.376. The van der Waals surface area contributed by atoms with Crippen LogP contribution in [0.25, 0.3) is 10.9 Å². The lowest BCUT2D eigenvalue weighted by molar-refractivity contribution is 0.119. The minimum atomic E-state index is -0.683. The molecule has 2 fully saturated rings. The zero-order valence-corrected chi connectivity index (χ0v) is 22.5. The van der Waals surface area contributed by atoms with E-state index in [9.17, 15) is 4.79 Å². The predicted molar refractivity (Wildman–Crippen MR) is 140 cm³/mol. The van der Waals surface area contributed by atoms with Gasteiger partial charge in [-0.3, -0.25) is 4.98 Å². The highest BCUT2D eigenvalue weighted by molar-refractivity contribution is 7.46. The summed E-state index contributed by atoms with van der Waals surface area (Å²) in [6, 6.07) is 8.19. The normalized spacial score (nSPS) is 29.0. The van der Waals surface area contributed by atoms with Crippen LogP contribution in [0, 0.1) is 29.1 Å². The van der Waals surface area contributed by atoms with Gasteiger partial charge in [-0.05, 0) is 78.2 Å². The molecule has 2 aliphatic carbocycles. The van der Waals surface area contributed by atoms with E-state index < -0.39 is 13.8 Å². The number of carbonyl (C=O) groups is 1. The maximum absolute atomic E-state index is 12.5. The molecule has 1 aromatic heterocycles. The Morgan fingerprint density at radius 2 is 2.06 bits per heavy atom. The van der Waals surface area contributed by atoms with Crippen LogP contribution < -0.4 is 4.74 Å². The van der Waals surface area contributed by atoms with Crippen molar-refractivity contribution in [1.29, 1.82) is 0 Å². The monoisotopic (exact) mass is 483 g/mol.